The number of rotatable bonds is 3. The van der Waals surface area contributed by atoms with Crippen molar-refractivity contribution in [1.29, 1.82) is 0 Å². The van der Waals surface area contributed by atoms with E-state index in [-0.39, 0.29) is 64.7 Å². The maximum atomic E-state index is 12.9. The highest BCUT2D eigenvalue weighted by Crippen LogP contribution is 2.73. The van der Waals surface area contributed by atoms with Crippen molar-refractivity contribution >= 4 is 23.7 Å². The summed E-state index contributed by atoms with van der Waals surface area (Å²) >= 11 is 0. The number of nitro benzene ring substituents is 1. The molecule has 2 saturated carbocycles. The lowest BCUT2D eigenvalue weighted by Crippen LogP contribution is -2.30. The van der Waals surface area contributed by atoms with Crippen LogP contribution in [0.3, 0.4) is 0 Å². The Morgan fingerprint density at radius 1 is 1.11 bits per heavy atom. The van der Waals surface area contributed by atoms with E-state index in [2.05, 4.69) is 17.3 Å². The number of ether oxygens (including phenoxy) is 2. The number of nitro groups is 1. The molecule has 4 unspecified atom stereocenters. The molecule has 2 amide bonds. The van der Waals surface area contributed by atoms with Crippen molar-refractivity contribution in [2.24, 2.45) is 34.2 Å². The first-order valence-corrected chi connectivity index (χ1v) is 9.19. The molecule has 0 radical (unpaired) electrons. The Balaban J connectivity index is 1.33. The van der Waals surface area contributed by atoms with Gasteiger partial charge in [-0.15, -0.1) is 0 Å². The van der Waals surface area contributed by atoms with Crippen molar-refractivity contribution in [3.8, 4) is 11.5 Å². The van der Waals surface area contributed by atoms with Gasteiger partial charge in [-0.3, -0.25) is 19.7 Å². The van der Waals surface area contributed by atoms with Gasteiger partial charge in [0.2, 0.25) is 6.79 Å². The minimum absolute atomic E-state index is 0.0168. The number of imide groups is 1. The third-order valence-electron chi connectivity index (χ3n) is 6.86. The molecule has 0 aromatic heterocycles. The minimum atomic E-state index is -0.563. The van der Waals surface area contributed by atoms with Crippen LogP contribution in [0.15, 0.2) is 29.4 Å². The molecule has 6 rings (SSSR count). The van der Waals surface area contributed by atoms with Crippen LogP contribution in [0.5, 0.6) is 11.5 Å². The minimum Gasteiger partial charge on any atom is -0.454 e. The molecule has 1 spiro atoms. The zero-order valence-electron chi connectivity index (χ0n) is 14.6. The van der Waals surface area contributed by atoms with E-state index in [0.29, 0.717) is 5.75 Å². The van der Waals surface area contributed by atoms with Crippen molar-refractivity contribution in [2.75, 3.05) is 6.79 Å². The van der Waals surface area contributed by atoms with Crippen LogP contribution in [0.2, 0.25) is 0 Å². The van der Waals surface area contributed by atoms with Crippen LogP contribution in [0.4, 0.5) is 5.69 Å². The lowest BCUT2D eigenvalue weighted by atomic mass is 9.85. The van der Waals surface area contributed by atoms with Crippen molar-refractivity contribution in [2.45, 2.75) is 12.8 Å². The zero-order valence-corrected chi connectivity index (χ0v) is 14.6. The van der Waals surface area contributed by atoms with E-state index in [1.165, 1.54) is 18.3 Å². The van der Waals surface area contributed by atoms with Crippen molar-refractivity contribution < 1.29 is 24.0 Å². The maximum Gasteiger partial charge on any atom is 0.282 e. The van der Waals surface area contributed by atoms with E-state index in [1.807, 2.05) is 0 Å². The Morgan fingerprint density at radius 3 is 2.29 bits per heavy atom. The van der Waals surface area contributed by atoms with Crippen LogP contribution in [0, 0.1) is 39.2 Å². The number of allylic oxidation sites excluding steroid dienone is 2. The fourth-order valence-electron chi connectivity index (χ4n) is 5.50. The molecule has 2 aliphatic heterocycles. The fraction of sp³-hybridized carbons (Fsp3) is 0.421. The highest BCUT2D eigenvalue weighted by molar-refractivity contribution is 6.07. The molecule has 1 aromatic rings. The van der Waals surface area contributed by atoms with Crippen molar-refractivity contribution in [1.82, 2.24) is 5.01 Å². The molecule has 1 saturated heterocycles. The predicted molar refractivity (Wildman–Crippen MR) is 93.4 cm³/mol. The molecule has 3 aliphatic carbocycles. The molecule has 0 N–H and O–H groups in total. The van der Waals surface area contributed by atoms with E-state index in [4.69, 9.17) is 9.47 Å². The molecule has 5 aliphatic rings. The number of amides is 2. The Bertz CT molecular complexity index is 993. The van der Waals surface area contributed by atoms with Gasteiger partial charge in [0.1, 0.15) is 0 Å². The largest absolute Gasteiger partial charge is 0.454 e. The summed E-state index contributed by atoms with van der Waals surface area (Å²) in [5.74, 6) is -0.457. The number of fused-ring (bicyclic) bond motifs is 4. The second-order valence-electron chi connectivity index (χ2n) is 7.98. The van der Waals surface area contributed by atoms with Gasteiger partial charge in [-0.25, -0.2) is 0 Å². The summed E-state index contributed by atoms with van der Waals surface area (Å²) in [4.78, 5) is 36.6. The van der Waals surface area contributed by atoms with Gasteiger partial charge < -0.3 is 9.47 Å². The van der Waals surface area contributed by atoms with E-state index in [9.17, 15) is 19.7 Å². The predicted octanol–water partition coefficient (Wildman–Crippen LogP) is 1.85. The number of nitrogens with zero attached hydrogens (tertiary/aromatic N) is 3. The quantitative estimate of drug-likeness (QED) is 0.260. The summed E-state index contributed by atoms with van der Waals surface area (Å²) in [6, 6.07) is 2.69. The molecule has 9 nitrogen and oxygen atoms in total. The SMILES string of the molecule is O=C1C2C(C(=O)N1/N=C/c1cc3c(cc1[N+](=O)[O-])OCO3)C1C=CC2C12CC2. The highest BCUT2D eigenvalue weighted by Gasteiger charge is 2.73. The molecule has 2 bridgehead atoms. The molecule has 142 valence electrons. The first-order chi connectivity index (χ1) is 13.5. The van der Waals surface area contributed by atoms with Crippen molar-refractivity contribution in [3.05, 3.63) is 40.0 Å². The fourth-order valence-corrected chi connectivity index (χ4v) is 5.50. The van der Waals surface area contributed by atoms with Crippen LogP contribution in [0.25, 0.3) is 0 Å². The maximum absolute atomic E-state index is 12.9. The average molecular weight is 381 g/mol. The molecule has 1 aromatic carbocycles. The first-order valence-electron chi connectivity index (χ1n) is 9.19. The number of hydrogen-bond acceptors (Lipinski definition) is 7. The zero-order chi connectivity index (χ0) is 19.2. The molecule has 3 fully saturated rings. The topological polar surface area (TPSA) is 111 Å². The average Bonchev–Trinajstić information content (AvgIpc) is 2.97. The summed E-state index contributed by atoms with van der Waals surface area (Å²) in [5.41, 5.74) is 0.0321. The van der Waals surface area contributed by atoms with E-state index in [1.54, 1.807) is 0 Å². The lowest BCUT2D eigenvalue weighted by Gasteiger charge is -2.18. The highest BCUT2D eigenvalue weighted by atomic mass is 16.7. The Labute approximate surface area is 158 Å². The van der Waals surface area contributed by atoms with Gasteiger partial charge in [0.25, 0.3) is 17.5 Å². The molecule has 4 atom stereocenters. The second kappa shape index (κ2) is 4.98. The van der Waals surface area contributed by atoms with Gasteiger partial charge in [0.15, 0.2) is 11.5 Å². The summed E-state index contributed by atoms with van der Waals surface area (Å²) < 4.78 is 10.4. The van der Waals surface area contributed by atoms with Crippen LogP contribution in [-0.2, 0) is 9.59 Å². The molecule has 9 heteroatoms. The smallest absolute Gasteiger partial charge is 0.282 e. The van der Waals surface area contributed by atoms with E-state index in [0.717, 1.165) is 17.9 Å². The Kier molecular flexibility index (Phi) is 2.81. The third kappa shape index (κ3) is 1.78. The number of carbonyl (C=O) groups excluding carboxylic acids is 2. The third-order valence-corrected chi connectivity index (χ3v) is 6.86. The monoisotopic (exact) mass is 381 g/mol. The van der Waals surface area contributed by atoms with E-state index < -0.39 is 4.92 Å². The molecular weight excluding hydrogens is 366 g/mol. The number of carbonyl (C=O) groups is 2. The van der Waals surface area contributed by atoms with Gasteiger partial charge >= 0.3 is 0 Å². The van der Waals surface area contributed by atoms with Crippen LogP contribution in [0.1, 0.15) is 18.4 Å². The number of benzene rings is 1. The van der Waals surface area contributed by atoms with Gasteiger partial charge in [-0.05, 0) is 36.2 Å². The summed E-state index contributed by atoms with van der Waals surface area (Å²) in [5, 5.41) is 16.3. The van der Waals surface area contributed by atoms with Gasteiger partial charge in [0.05, 0.1) is 34.6 Å². The van der Waals surface area contributed by atoms with Crippen LogP contribution < -0.4 is 9.47 Å². The standard InChI is InChI=1S/C19H15N3O6/c23-17-15-10-1-2-11(19(10)3-4-19)16(15)18(24)21(17)20-7-9-5-13-14(28-8-27-13)6-12(9)22(25)26/h1-2,5-7,10-11,15-16H,3-4,8H2/b20-7+. The van der Waals surface area contributed by atoms with Crippen molar-refractivity contribution in [3.63, 3.8) is 0 Å². The van der Waals surface area contributed by atoms with Gasteiger partial charge in [-0.2, -0.15) is 10.1 Å². The van der Waals surface area contributed by atoms with Gasteiger partial charge in [-0.1, -0.05) is 12.2 Å². The van der Waals surface area contributed by atoms with Crippen LogP contribution in [-0.4, -0.2) is 34.8 Å². The second-order valence-corrected chi connectivity index (χ2v) is 7.98. The Morgan fingerprint density at radius 2 is 1.71 bits per heavy atom. The normalized spacial score (nSPS) is 32.8. The van der Waals surface area contributed by atoms with Gasteiger partial charge in [0, 0.05) is 0 Å². The summed E-state index contributed by atoms with van der Waals surface area (Å²) in [6.45, 7) is -0.0168. The molecular formula is C19H15N3O6. The lowest BCUT2D eigenvalue weighted by molar-refractivity contribution is -0.385. The Hall–Kier alpha value is -3.23. The number of hydrogen-bond donors (Lipinski definition) is 0. The van der Waals surface area contributed by atoms with E-state index >= 15 is 0 Å². The number of hydrazone groups is 1. The summed E-state index contributed by atoms with van der Waals surface area (Å²) in [7, 11) is 0. The molecule has 2 heterocycles. The molecule has 28 heavy (non-hydrogen) atoms. The first kappa shape index (κ1) is 15.8. The summed E-state index contributed by atoms with van der Waals surface area (Å²) in [6.07, 6.45) is 7.48. The van der Waals surface area contributed by atoms with Crippen LogP contribution >= 0.6 is 0 Å².